The molecule has 2 amide bonds. The number of nitrogens with zero attached hydrogens (tertiary/aromatic N) is 2. The summed E-state index contributed by atoms with van der Waals surface area (Å²) in [5, 5.41) is 5.38. The summed E-state index contributed by atoms with van der Waals surface area (Å²) in [6, 6.07) is 14.0. The van der Waals surface area contributed by atoms with Gasteiger partial charge in [0.25, 0.3) is 0 Å². The Morgan fingerprint density at radius 1 is 0.889 bits per heavy atom. The number of amides is 2. The first kappa shape index (κ1) is 19.1. The van der Waals surface area contributed by atoms with Crippen molar-refractivity contribution in [2.75, 3.05) is 39.3 Å². The second-order valence-corrected chi connectivity index (χ2v) is 6.67. The second-order valence-electron chi connectivity index (χ2n) is 6.67. The Morgan fingerprint density at radius 2 is 1.63 bits per heavy atom. The van der Waals surface area contributed by atoms with E-state index < -0.39 is 0 Å². The third kappa shape index (κ3) is 6.54. The van der Waals surface area contributed by atoms with Gasteiger partial charge in [0.2, 0.25) is 11.8 Å². The molecule has 1 aromatic heterocycles. The number of hydrogen-bond donors (Lipinski definition) is 2. The fourth-order valence-electron chi connectivity index (χ4n) is 3.05. The van der Waals surface area contributed by atoms with Crippen LogP contribution in [0.3, 0.4) is 0 Å². The molecule has 1 aromatic carbocycles. The summed E-state index contributed by atoms with van der Waals surface area (Å²) in [5.74, 6) is 0.329. The van der Waals surface area contributed by atoms with Crippen LogP contribution >= 0.6 is 0 Å². The van der Waals surface area contributed by atoms with Gasteiger partial charge in [-0.05, 0) is 17.7 Å². The van der Waals surface area contributed by atoms with E-state index in [-0.39, 0.29) is 18.4 Å². The maximum atomic E-state index is 12.1. The van der Waals surface area contributed by atoms with Gasteiger partial charge < -0.3 is 15.1 Å². The summed E-state index contributed by atoms with van der Waals surface area (Å²) in [6.07, 6.45) is 1.56. The van der Waals surface area contributed by atoms with Gasteiger partial charge in [0.1, 0.15) is 5.76 Å². The molecule has 144 valence electrons. The van der Waals surface area contributed by atoms with E-state index in [1.165, 1.54) is 5.56 Å². The molecular formula is C20H26N4O3. The van der Waals surface area contributed by atoms with Crippen LogP contribution < -0.4 is 10.6 Å². The predicted molar refractivity (Wildman–Crippen MR) is 102 cm³/mol. The van der Waals surface area contributed by atoms with Crippen LogP contribution in [0.4, 0.5) is 0 Å². The highest BCUT2D eigenvalue weighted by Gasteiger charge is 2.19. The molecule has 0 bridgehead atoms. The fraction of sp³-hybridized carbons (Fsp3) is 0.400. The Hall–Kier alpha value is -2.64. The zero-order chi connectivity index (χ0) is 18.9. The van der Waals surface area contributed by atoms with Gasteiger partial charge in [-0.3, -0.25) is 19.4 Å². The van der Waals surface area contributed by atoms with Crippen molar-refractivity contribution in [1.29, 1.82) is 0 Å². The quantitative estimate of drug-likeness (QED) is 0.720. The third-order valence-electron chi connectivity index (χ3n) is 4.57. The molecule has 0 unspecified atom stereocenters. The molecule has 7 nitrogen and oxygen atoms in total. The molecule has 0 saturated carbocycles. The van der Waals surface area contributed by atoms with Gasteiger partial charge in [-0.2, -0.15) is 0 Å². The molecule has 0 spiro atoms. The molecule has 2 heterocycles. The van der Waals surface area contributed by atoms with E-state index in [1.807, 2.05) is 6.07 Å². The van der Waals surface area contributed by atoms with Gasteiger partial charge in [-0.1, -0.05) is 30.3 Å². The first-order chi connectivity index (χ1) is 13.2. The molecule has 1 saturated heterocycles. The van der Waals surface area contributed by atoms with Crippen LogP contribution in [-0.4, -0.2) is 60.9 Å². The van der Waals surface area contributed by atoms with E-state index >= 15 is 0 Å². The minimum Gasteiger partial charge on any atom is -0.467 e. The largest absolute Gasteiger partial charge is 0.467 e. The zero-order valence-corrected chi connectivity index (χ0v) is 15.4. The number of furan rings is 1. The molecular weight excluding hydrogens is 344 g/mol. The van der Waals surface area contributed by atoms with Crippen LogP contribution in [0.2, 0.25) is 0 Å². The number of hydrogen-bond acceptors (Lipinski definition) is 5. The minimum atomic E-state index is -0.229. The lowest BCUT2D eigenvalue weighted by atomic mass is 10.2. The topological polar surface area (TPSA) is 77.8 Å². The summed E-state index contributed by atoms with van der Waals surface area (Å²) in [5.41, 5.74) is 1.31. The monoisotopic (exact) mass is 370 g/mol. The van der Waals surface area contributed by atoms with Crippen molar-refractivity contribution in [2.24, 2.45) is 0 Å². The van der Waals surface area contributed by atoms with E-state index in [4.69, 9.17) is 4.42 Å². The molecule has 27 heavy (non-hydrogen) atoms. The zero-order valence-electron chi connectivity index (χ0n) is 15.4. The van der Waals surface area contributed by atoms with Crippen molar-refractivity contribution in [3.63, 3.8) is 0 Å². The lowest BCUT2D eigenvalue weighted by Crippen LogP contribution is -2.49. The van der Waals surface area contributed by atoms with Gasteiger partial charge in [-0.15, -0.1) is 0 Å². The Balaban J connectivity index is 1.29. The highest BCUT2D eigenvalue weighted by molar-refractivity contribution is 5.85. The van der Waals surface area contributed by atoms with Gasteiger partial charge >= 0.3 is 0 Å². The smallest absolute Gasteiger partial charge is 0.239 e. The predicted octanol–water partition coefficient (Wildman–Crippen LogP) is 0.830. The van der Waals surface area contributed by atoms with E-state index in [2.05, 4.69) is 44.7 Å². The van der Waals surface area contributed by atoms with E-state index in [9.17, 15) is 9.59 Å². The standard InChI is InChI=1S/C20H26N4O3/c25-19(21-13-18-7-4-12-27-18)14-22-20(26)16-24-10-8-23(9-11-24)15-17-5-2-1-3-6-17/h1-7,12H,8-11,13-16H2,(H,21,25)(H,22,26). The van der Waals surface area contributed by atoms with E-state index in [0.717, 1.165) is 32.7 Å². The normalized spacial score (nSPS) is 15.4. The van der Waals surface area contributed by atoms with Crippen molar-refractivity contribution in [1.82, 2.24) is 20.4 Å². The van der Waals surface area contributed by atoms with Crippen molar-refractivity contribution >= 4 is 11.8 Å². The van der Waals surface area contributed by atoms with Crippen molar-refractivity contribution in [3.8, 4) is 0 Å². The third-order valence-corrected chi connectivity index (χ3v) is 4.57. The molecule has 3 rings (SSSR count). The first-order valence-electron chi connectivity index (χ1n) is 9.23. The second kappa shape index (κ2) is 9.89. The molecule has 1 fully saturated rings. The molecule has 0 aliphatic carbocycles. The maximum absolute atomic E-state index is 12.1. The minimum absolute atomic E-state index is 0.0203. The van der Waals surface area contributed by atoms with Crippen LogP contribution in [0.5, 0.6) is 0 Å². The van der Waals surface area contributed by atoms with E-state index in [1.54, 1.807) is 18.4 Å². The average Bonchev–Trinajstić information content (AvgIpc) is 3.21. The summed E-state index contributed by atoms with van der Waals surface area (Å²) in [4.78, 5) is 28.3. The SMILES string of the molecule is O=C(CNC(=O)CN1CCN(Cc2ccccc2)CC1)NCc1ccco1. The molecule has 1 aliphatic heterocycles. The van der Waals surface area contributed by atoms with Crippen molar-refractivity contribution in [3.05, 3.63) is 60.1 Å². The molecule has 0 radical (unpaired) electrons. The number of piperazine rings is 1. The summed E-state index contributed by atoms with van der Waals surface area (Å²) in [6.45, 7) is 5.15. The Kier molecular flexibility index (Phi) is 7.01. The Bertz CT molecular complexity index is 710. The van der Waals surface area contributed by atoms with Gasteiger partial charge in [0, 0.05) is 32.7 Å². The summed E-state index contributed by atoms with van der Waals surface area (Å²) in [7, 11) is 0. The highest BCUT2D eigenvalue weighted by atomic mass is 16.3. The van der Waals surface area contributed by atoms with E-state index in [0.29, 0.717) is 18.8 Å². The number of nitrogens with one attached hydrogen (secondary N) is 2. The number of carbonyl (C=O) groups excluding carboxylic acids is 2. The number of rotatable bonds is 8. The van der Waals surface area contributed by atoms with Gasteiger partial charge in [0.15, 0.2) is 0 Å². The molecule has 0 atom stereocenters. The molecule has 1 aliphatic rings. The Labute approximate surface area is 159 Å². The summed E-state index contributed by atoms with van der Waals surface area (Å²) < 4.78 is 5.14. The molecule has 7 heteroatoms. The summed E-state index contributed by atoms with van der Waals surface area (Å²) >= 11 is 0. The lowest BCUT2D eigenvalue weighted by Gasteiger charge is -2.34. The lowest BCUT2D eigenvalue weighted by molar-refractivity contribution is -0.127. The average molecular weight is 370 g/mol. The highest BCUT2D eigenvalue weighted by Crippen LogP contribution is 2.08. The van der Waals surface area contributed by atoms with Crippen LogP contribution in [0, 0.1) is 0 Å². The van der Waals surface area contributed by atoms with Crippen LogP contribution in [0.15, 0.2) is 53.1 Å². The first-order valence-corrected chi connectivity index (χ1v) is 9.23. The van der Waals surface area contributed by atoms with Crippen LogP contribution in [-0.2, 0) is 22.7 Å². The van der Waals surface area contributed by atoms with Crippen LogP contribution in [0.1, 0.15) is 11.3 Å². The Morgan fingerprint density at radius 3 is 2.33 bits per heavy atom. The maximum Gasteiger partial charge on any atom is 0.239 e. The van der Waals surface area contributed by atoms with Gasteiger partial charge in [0.05, 0.1) is 25.9 Å². The van der Waals surface area contributed by atoms with Crippen LogP contribution in [0.25, 0.3) is 0 Å². The molecule has 2 aromatic rings. The fourth-order valence-corrected chi connectivity index (χ4v) is 3.05. The molecule has 2 N–H and O–H groups in total. The van der Waals surface area contributed by atoms with Crippen molar-refractivity contribution < 1.29 is 14.0 Å². The number of benzene rings is 1. The van der Waals surface area contributed by atoms with Gasteiger partial charge in [-0.25, -0.2) is 0 Å². The van der Waals surface area contributed by atoms with Crippen molar-refractivity contribution in [2.45, 2.75) is 13.1 Å². The number of carbonyl (C=O) groups is 2.